The van der Waals surface area contributed by atoms with Gasteiger partial charge in [-0.25, -0.2) is 4.39 Å². The highest BCUT2D eigenvalue weighted by Crippen LogP contribution is 2.15. The van der Waals surface area contributed by atoms with Crippen molar-refractivity contribution in [2.45, 2.75) is 19.8 Å². The zero-order valence-corrected chi connectivity index (χ0v) is 10.6. The van der Waals surface area contributed by atoms with E-state index >= 15 is 0 Å². The lowest BCUT2D eigenvalue weighted by atomic mass is 10.2. The molecule has 0 aliphatic heterocycles. The third-order valence-electron chi connectivity index (χ3n) is 2.58. The molecule has 0 bridgehead atoms. The van der Waals surface area contributed by atoms with Gasteiger partial charge in [-0.2, -0.15) is 0 Å². The molecule has 4 heteroatoms. The molecule has 0 aromatic heterocycles. The molecule has 0 aliphatic rings. The van der Waals surface area contributed by atoms with Gasteiger partial charge in [-0.05, 0) is 31.0 Å². The Morgan fingerprint density at radius 1 is 1.41 bits per heavy atom. The normalized spacial score (nSPS) is 10.1. The smallest absolute Gasteiger partial charge is 0.222 e. The fourth-order valence-corrected chi connectivity index (χ4v) is 1.47. The summed E-state index contributed by atoms with van der Waals surface area (Å²) in [5.41, 5.74) is 1.80. The van der Waals surface area contributed by atoms with E-state index in [4.69, 9.17) is 0 Å². The van der Waals surface area contributed by atoms with Gasteiger partial charge in [0.25, 0.3) is 0 Å². The van der Waals surface area contributed by atoms with Crippen LogP contribution in [0.4, 0.5) is 10.1 Å². The summed E-state index contributed by atoms with van der Waals surface area (Å²) in [6.45, 7) is 2.59. The van der Waals surface area contributed by atoms with Crippen molar-refractivity contribution in [1.29, 1.82) is 0 Å². The molecule has 0 saturated carbocycles. The van der Waals surface area contributed by atoms with Crippen molar-refractivity contribution in [2.24, 2.45) is 0 Å². The zero-order valence-electron chi connectivity index (χ0n) is 10.6. The summed E-state index contributed by atoms with van der Waals surface area (Å²) < 4.78 is 13.0. The number of anilines is 1. The van der Waals surface area contributed by atoms with Gasteiger partial charge in [-0.1, -0.05) is 6.07 Å². The fraction of sp³-hybridized carbons (Fsp3) is 0.462. The molecule has 0 spiro atoms. The molecule has 1 amide bonds. The number of amides is 1. The fourth-order valence-electron chi connectivity index (χ4n) is 1.47. The van der Waals surface area contributed by atoms with Crippen molar-refractivity contribution in [3.8, 4) is 0 Å². The predicted molar refractivity (Wildman–Crippen MR) is 67.6 cm³/mol. The highest BCUT2D eigenvalue weighted by atomic mass is 19.1. The van der Waals surface area contributed by atoms with E-state index in [1.165, 1.54) is 12.1 Å². The maximum absolute atomic E-state index is 13.0. The van der Waals surface area contributed by atoms with E-state index in [-0.39, 0.29) is 11.7 Å². The van der Waals surface area contributed by atoms with Crippen LogP contribution >= 0.6 is 0 Å². The van der Waals surface area contributed by atoms with Gasteiger partial charge in [0.1, 0.15) is 5.82 Å². The second-order valence-electron chi connectivity index (χ2n) is 4.28. The molecule has 1 rings (SSSR count). The molecular weight excluding hydrogens is 219 g/mol. The number of carbonyl (C=O) groups is 1. The Bertz CT molecular complexity index is 391. The van der Waals surface area contributed by atoms with Gasteiger partial charge in [0.15, 0.2) is 0 Å². The number of rotatable bonds is 5. The number of benzene rings is 1. The Kier molecular flexibility index (Phi) is 4.94. The second-order valence-corrected chi connectivity index (χ2v) is 4.28. The van der Waals surface area contributed by atoms with Gasteiger partial charge in [-0.3, -0.25) is 4.79 Å². The van der Waals surface area contributed by atoms with Gasteiger partial charge in [0.05, 0.1) is 0 Å². The lowest BCUT2D eigenvalue weighted by Crippen LogP contribution is -2.22. The first-order valence-electron chi connectivity index (χ1n) is 5.71. The first-order valence-corrected chi connectivity index (χ1v) is 5.71. The average molecular weight is 238 g/mol. The van der Waals surface area contributed by atoms with Crippen LogP contribution in [0, 0.1) is 12.7 Å². The predicted octanol–water partition coefficient (Wildman–Crippen LogP) is 2.41. The number of nitrogens with zero attached hydrogens (tertiary/aromatic N) is 1. The maximum Gasteiger partial charge on any atom is 0.222 e. The minimum Gasteiger partial charge on any atom is -0.385 e. The van der Waals surface area contributed by atoms with Crippen LogP contribution in [0.3, 0.4) is 0 Å². The van der Waals surface area contributed by atoms with Gasteiger partial charge < -0.3 is 10.2 Å². The van der Waals surface area contributed by atoms with Crippen molar-refractivity contribution >= 4 is 11.6 Å². The molecule has 1 aromatic carbocycles. The number of aryl methyl sites for hydroxylation is 1. The highest BCUT2D eigenvalue weighted by molar-refractivity contribution is 5.75. The number of carbonyl (C=O) groups excluding carboxylic acids is 1. The average Bonchev–Trinajstić information content (AvgIpc) is 2.28. The van der Waals surface area contributed by atoms with Gasteiger partial charge in [0.2, 0.25) is 5.91 Å². The lowest BCUT2D eigenvalue weighted by molar-refractivity contribution is -0.128. The molecule has 0 fully saturated rings. The Labute approximate surface area is 102 Å². The number of nitrogens with one attached hydrogen (secondary N) is 1. The van der Waals surface area contributed by atoms with Crippen LogP contribution in [-0.4, -0.2) is 31.4 Å². The number of halogens is 1. The summed E-state index contributed by atoms with van der Waals surface area (Å²) in [7, 11) is 3.49. The van der Waals surface area contributed by atoms with E-state index in [0.717, 1.165) is 17.7 Å². The van der Waals surface area contributed by atoms with Gasteiger partial charge in [0, 0.05) is 32.7 Å². The van der Waals surface area contributed by atoms with E-state index in [9.17, 15) is 9.18 Å². The summed E-state index contributed by atoms with van der Waals surface area (Å²) >= 11 is 0. The molecule has 0 heterocycles. The van der Waals surface area contributed by atoms with E-state index in [1.54, 1.807) is 25.1 Å². The third-order valence-corrected chi connectivity index (χ3v) is 2.58. The van der Waals surface area contributed by atoms with Crippen LogP contribution in [0.5, 0.6) is 0 Å². The first kappa shape index (κ1) is 13.5. The summed E-state index contributed by atoms with van der Waals surface area (Å²) in [5.74, 6) is -0.134. The second kappa shape index (κ2) is 6.23. The van der Waals surface area contributed by atoms with Crippen LogP contribution in [0.25, 0.3) is 0 Å². The standard InChI is InChI=1S/C13H19FN2O/c1-10-6-7-11(14)9-12(10)15-8-4-5-13(17)16(2)3/h6-7,9,15H,4-5,8H2,1-3H3. The molecule has 0 aliphatic carbocycles. The minimum absolute atomic E-state index is 0.114. The highest BCUT2D eigenvalue weighted by Gasteiger charge is 2.03. The molecule has 1 aromatic rings. The molecular formula is C13H19FN2O. The van der Waals surface area contributed by atoms with E-state index < -0.39 is 0 Å². The monoisotopic (exact) mass is 238 g/mol. The Morgan fingerprint density at radius 3 is 2.76 bits per heavy atom. The quantitative estimate of drug-likeness (QED) is 0.799. The molecule has 3 nitrogen and oxygen atoms in total. The van der Waals surface area contributed by atoms with Crippen LogP contribution in [0.2, 0.25) is 0 Å². The molecule has 0 unspecified atom stereocenters. The number of hydrogen-bond donors (Lipinski definition) is 1. The topological polar surface area (TPSA) is 32.3 Å². The molecule has 94 valence electrons. The molecule has 0 atom stereocenters. The Balaban J connectivity index is 2.36. The Morgan fingerprint density at radius 2 is 2.12 bits per heavy atom. The summed E-state index contributed by atoms with van der Waals surface area (Å²) in [4.78, 5) is 12.9. The third kappa shape index (κ3) is 4.43. The van der Waals surface area contributed by atoms with Crippen LogP contribution in [0.15, 0.2) is 18.2 Å². The van der Waals surface area contributed by atoms with E-state index in [2.05, 4.69) is 5.32 Å². The Hall–Kier alpha value is -1.58. The van der Waals surface area contributed by atoms with E-state index in [1.807, 2.05) is 6.92 Å². The molecule has 0 saturated heterocycles. The van der Waals surface area contributed by atoms with Crippen molar-refractivity contribution in [3.05, 3.63) is 29.6 Å². The first-order chi connectivity index (χ1) is 8.00. The van der Waals surface area contributed by atoms with Crippen molar-refractivity contribution in [1.82, 2.24) is 4.90 Å². The number of hydrogen-bond acceptors (Lipinski definition) is 2. The van der Waals surface area contributed by atoms with Crippen molar-refractivity contribution in [3.63, 3.8) is 0 Å². The zero-order chi connectivity index (χ0) is 12.8. The van der Waals surface area contributed by atoms with E-state index in [0.29, 0.717) is 13.0 Å². The largest absolute Gasteiger partial charge is 0.385 e. The van der Waals surface area contributed by atoms with Crippen LogP contribution in [0.1, 0.15) is 18.4 Å². The van der Waals surface area contributed by atoms with Gasteiger partial charge >= 0.3 is 0 Å². The van der Waals surface area contributed by atoms with Crippen molar-refractivity contribution in [2.75, 3.05) is 26.0 Å². The minimum atomic E-state index is -0.248. The van der Waals surface area contributed by atoms with Gasteiger partial charge in [-0.15, -0.1) is 0 Å². The summed E-state index contributed by atoms with van der Waals surface area (Å²) in [6, 6.07) is 4.65. The molecule has 1 N–H and O–H groups in total. The van der Waals surface area contributed by atoms with Crippen molar-refractivity contribution < 1.29 is 9.18 Å². The maximum atomic E-state index is 13.0. The van der Waals surface area contributed by atoms with Crippen LogP contribution < -0.4 is 5.32 Å². The lowest BCUT2D eigenvalue weighted by Gasteiger charge is -2.11. The SMILES string of the molecule is Cc1ccc(F)cc1NCCCC(=O)N(C)C. The molecule has 17 heavy (non-hydrogen) atoms. The summed E-state index contributed by atoms with van der Waals surface area (Å²) in [5, 5.41) is 3.14. The van der Waals surface area contributed by atoms with Crippen LogP contribution in [-0.2, 0) is 4.79 Å². The molecule has 0 radical (unpaired) electrons. The summed E-state index contributed by atoms with van der Waals surface area (Å²) in [6.07, 6.45) is 1.25.